The summed E-state index contributed by atoms with van der Waals surface area (Å²) in [5, 5.41) is 3.58. The van der Waals surface area contributed by atoms with Crippen LogP contribution >= 0.6 is 11.3 Å². The molecule has 4 heterocycles. The van der Waals surface area contributed by atoms with Crippen LogP contribution in [-0.2, 0) is 0 Å². The molecule has 1 atom stereocenters. The van der Waals surface area contributed by atoms with Crippen molar-refractivity contribution < 1.29 is 14.3 Å². The lowest BCUT2D eigenvalue weighted by Crippen LogP contribution is -2.57. The minimum atomic E-state index is -0.381. The molecule has 6 heteroatoms. The molecular formula is C19H20N2O3S. The number of ether oxygens (including phenoxy) is 1. The SMILES string of the molecule is O=Cc1cccc(-c2ccc(OC(=O)N[C@H]3CN4CCC3CC4)s2)c1. The molecule has 130 valence electrons. The zero-order valence-corrected chi connectivity index (χ0v) is 14.6. The molecule has 0 aliphatic carbocycles. The maximum atomic E-state index is 12.2. The van der Waals surface area contributed by atoms with Gasteiger partial charge < -0.3 is 15.0 Å². The van der Waals surface area contributed by atoms with Crippen LogP contribution in [0, 0.1) is 5.92 Å². The van der Waals surface area contributed by atoms with Crippen LogP contribution in [0.4, 0.5) is 4.79 Å². The number of amides is 1. The van der Waals surface area contributed by atoms with Crippen molar-refractivity contribution in [3.63, 3.8) is 0 Å². The van der Waals surface area contributed by atoms with Crippen LogP contribution in [-0.4, -0.2) is 43.0 Å². The number of carbonyl (C=O) groups excluding carboxylic acids is 2. The van der Waals surface area contributed by atoms with Crippen LogP contribution in [0.3, 0.4) is 0 Å². The molecule has 2 bridgehead atoms. The average Bonchev–Trinajstić information content (AvgIpc) is 3.11. The van der Waals surface area contributed by atoms with E-state index in [1.165, 1.54) is 11.3 Å². The quantitative estimate of drug-likeness (QED) is 0.853. The third kappa shape index (κ3) is 3.60. The van der Waals surface area contributed by atoms with E-state index < -0.39 is 0 Å². The molecule has 3 aliphatic rings. The molecule has 5 rings (SSSR count). The Morgan fingerprint density at radius 3 is 2.80 bits per heavy atom. The molecule has 1 aromatic carbocycles. The van der Waals surface area contributed by atoms with Crippen molar-refractivity contribution in [3.05, 3.63) is 42.0 Å². The first-order valence-electron chi connectivity index (χ1n) is 8.57. The van der Waals surface area contributed by atoms with Crippen LogP contribution in [0.25, 0.3) is 10.4 Å². The standard InChI is InChI=1S/C19H20N2O3S/c22-12-13-2-1-3-15(10-13)17-4-5-18(25-17)24-19(23)20-16-11-21-8-6-14(16)7-9-21/h1-5,10,12,14,16H,6-9,11H2,(H,20,23)/t16-/m0/s1. The highest BCUT2D eigenvalue weighted by Crippen LogP contribution is 2.33. The number of nitrogens with one attached hydrogen (secondary N) is 1. The summed E-state index contributed by atoms with van der Waals surface area (Å²) in [5.74, 6) is 0.572. The van der Waals surface area contributed by atoms with Gasteiger partial charge in [0.15, 0.2) is 5.06 Å². The van der Waals surface area contributed by atoms with Crippen LogP contribution < -0.4 is 10.1 Å². The van der Waals surface area contributed by atoms with Gasteiger partial charge in [0.05, 0.1) is 0 Å². The monoisotopic (exact) mass is 356 g/mol. The van der Waals surface area contributed by atoms with Crippen molar-refractivity contribution in [2.45, 2.75) is 18.9 Å². The zero-order chi connectivity index (χ0) is 17.2. The Bertz CT molecular complexity index is 780. The molecule has 25 heavy (non-hydrogen) atoms. The second-order valence-electron chi connectivity index (χ2n) is 6.64. The number of hydrogen-bond acceptors (Lipinski definition) is 5. The van der Waals surface area contributed by atoms with Crippen molar-refractivity contribution in [1.29, 1.82) is 0 Å². The Labute approximate surface area is 150 Å². The highest BCUT2D eigenvalue weighted by Gasteiger charge is 2.35. The lowest BCUT2D eigenvalue weighted by Gasteiger charge is -2.44. The van der Waals surface area contributed by atoms with Gasteiger partial charge in [0.1, 0.15) is 6.29 Å². The summed E-state index contributed by atoms with van der Waals surface area (Å²) in [6, 6.07) is 11.3. The van der Waals surface area contributed by atoms with Crippen molar-refractivity contribution in [1.82, 2.24) is 10.2 Å². The number of aldehydes is 1. The molecule has 0 spiro atoms. The highest BCUT2D eigenvalue weighted by molar-refractivity contribution is 7.17. The summed E-state index contributed by atoms with van der Waals surface area (Å²) in [6.07, 6.45) is 2.76. The van der Waals surface area contributed by atoms with Gasteiger partial charge >= 0.3 is 6.09 Å². The van der Waals surface area contributed by atoms with Crippen LogP contribution in [0.1, 0.15) is 23.2 Å². The fourth-order valence-electron chi connectivity index (χ4n) is 3.70. The van der Waals surface area contributed by atoms with E-state index in [9.17, 15) is 9.59 Å². The largest absolute Gasteiger partial charge is 0.413 e. The molecule has 1 aromatic heterocycles. The fraction of sp³-hybridized carbons (Fsp3) is 0.368. The van der Waals surface area contributed by atoms with E-state index in [4.69, 9.17) is 4.74 Å². The number of thiophene rings is 1. The van der Waals surface area contributed by atoms with Crippen LogP contribution in [0.15, 0.2) is 36.4 Å². The number of benzene rings is 1. The summed E-state index contributed by atoms with van der Waals surface area (Å²) < 4.78 is 5.46. The lowest BCUT2D eigenvalue weighted by molar-refractivity contribution is 0.0726. The number of fused-ring (bicyclic) bond motifs is 3. The van der Waals surface area contributed by atoms with Crippen molar-refractivity contribution in [3.8, 4) is 15.5 Å². The summed E-state index contributed by atoms with van der Waals surface area (Å²) in [5.41, 5.74) is 1.58. The van der Waals surface area contributed by atoms with E-state index in [1.807, 2.05) is 24.3 Å². The molecule has 2 aromatic rings. The number of nitrogens with zero attached hydrogens (tertiary/aromatic N) is 1. The van der Waals surface area contributed by atoms with E-state index in [0.717, 1.165) is 49.2 Å². The van der Waals surface area contributed by atoms with E-state index >= 15 is 0 Å². The van der Waals surface area contributed by atoms with Gasteiger partial charge in [-0.05, 0) is 55.6 Å². The molecule has 3 aliphatic heterocycles. The molecule has 5 nitrogen and oxygen atoms in total. The number of rotatable bonds is 4. The smallest absolute Gasteiger partial charge is 0.399 e. The first-order valence-corrected chi connectivity index (χ1v) is 9.39. The molecule has 0 saturated carbocycles. The van der Waals surface area contributed by atoms with Gasteiger partial charge in [0, 0.05) is 23.0 Å². The van der Waals surface area contributed by atoms with Gasteiger partial charge in [0.25, 0.3) is 0 Å². The first-order chi connectivity index (χ1) is 12.2. The maximum absolute atomic E-state index is 12.2. The second-order valence-corrected chi connectivity index (χ2v) is 7.69. The Morgan fingerprint density at radius 2 is 2.08 bits per heavy atom. The minimum Gasteiger partial charge on any atom is -0.399 e. The summed E-state index contributed by atoms with van der Waals surface area (Å²) in [7, 11) is 0. The summed E-state index contributed by atoms with van der Waals surface area (Å²) in [4.78, 5) is 26.5. The molecule has 1 N–H and O–H groups in total. The molecule has 0 radical (unpaired) electrons. The Hall–Kier alpha value is -2.18. The van der Waals surface area contributed by atoms with E-state index in [0.29, 0.717) is 16.5 Å². The van der Waals surface area contributed by atoms with Gasteiger partial charge in [-0.2, -0.15) is 0 Å². The molecule has 3 saturated heterocycles. The second kappa shape index (κ2) is 6.98. The number of hydrogen-bond donors (Lipinski definition) is 1. The molecular weight excluding hydrogens is 336 g/mol. The Kier molecular flexibility index (Phi) is 4.55. The fourth-order valence-corrected chi connectivity index (χ4v) is 4.55. The predicted molar refractivity (Wildman–Crippen MR) is 97.3 cm³/mol. The molecule has 3 fully saturated rings. The third-order valence-electron chi connectivity index (χ3n) is 5.04. The van der Waals surface area contributed by atoms with Crippen molar-refractivity contribution in [2.75, 3.05) is 19.6 Å². The minimum absolute atomic E-state index is 0.193. The third-order valence-corrected chi connectivity index (χ3v) is 6.05. The van der Waals surface area contributed by atoms with Crippen LogP contribution in [0.5, 0.6) is 5.06 Å². The van der Waals surface area contributed by atoms with E-state index in [2.05, 4.69) is 10.2 Å². The summed E-state index contributed by atoms with van der Waals surface area (Å²) in [6.45, 7) is 3.21. The van der Waals surface area contributed by atoms with E-state index in [1.54, 1.807) is 12.1 Å². The topological polar surface area (TPSA) is 58.6 Å². The first kappa shape index (κ1) is 16.3. The van der Waals surface area contributed by atoms with Gasteiger partial charge in [-0.1, -0.05) is 29.5 Å². The predicted octanol–water partition coefficient (Wildman–Crippen LogP) is 3.41. The van der Waals surface area contributed by atoms with Crippen molar-refractivity contribution >= 4 is 23.7 Å². The van der Waals surface area contributed by atoms with Crippen LogP contribution in [0.2, 0.25) is 0 Å². The normalized spacial score (nSPS) is 24.7. The lowest BCUT2D eigenvalue weighted by atomic mass is 9.84. The molecule has 1 amide bonds. The zero-order valence-electron chi connectivity index (χ0n) is 13.8. The van der Waals surface area contributed by atoms with Gasteiger partial charge in [-0.25, -0.2) is 4.79 Å². The van der Waals surface area contributed by atoms with Gasteiger partial charge in [-0.15, -0.1) is 0 Å². The Morgan fingerprint density at radius 1 is 1.24 bits per heavy atom. The van der Waals surface area contributed by atoms with E-state index in [-0.39, 0.29) is 12.1 Å². The summed E-state index contributed by atoms with van der Waals surface area (Å²) >= 11 is 1.40. The number of carbonyl (C=O) groups is 2. The highest BCUT2D eigenvalue weighted by atomic mass is 32.1. The van der Waals surface area contributed by atoms with Gasteiger partial charge in [-0.3, -0.25) is 4.79 Å². The molecule has 0 unspecified atom stereocenters. The average molecular weight is 356 g/mol. The maximum Gasteiger partial charge on any atom is 0.413 e. The number of piperidine rings is 3. The Balaban J connectivity index is 1.39. The van der Waals surface area contributed by atoms with Gasteiger partial charge in [0.2, 0.25) is 0 Å². The van der Waals surface area contributed by atoms with Crippen molar-refractivity contribution in [2.24, 2.45) is 5.92 Å².